The first-order valence-electron chi connectivity index (χ1n) is 14.4. The van der Waals surface area contributed by atoms with Crippen LogP contribution in [0, 0.1) is 6.92 Å². The Hall–Kier alpha value is -2.91. The first-order valence-corrected chi connectivity index (χ1v) is 14.4. The Morgan fingerprint density at radius 3 is 2.56 bits per heavy atom. The number of nitrogens with zero attached hydrogens (tertiary/aromatic N) is 4. The highest BCUT2D eigenvalue weighted by Crippen LogP contribution is 2.41. The van der Waals surface area contributed by atoms with Gasteiger partial charge in [0.15, 0.2) is 5.75 Å². The number of likely N-dealkylation sites (tertiary alicyclic amines) is 2. The van der Waals surface area contributed by atoms with Crippen molar-refractivity contribution in [2.45, 2.75) is 83.5 Å². The van der Waals surface area contributed by atoms with Crippen LogP contribution in [0.15, 0.2) is 18.3 Å². The van der Waals surface area contributed by atoms with E-state index in [0.717, 1.165) is 99.3 Å². The van der Waals surface area contributed by atoms with Crippen molar-refractivity contribution in [1.82, 2.24) is 19.8 Å². The molecular formula is C30H41N5O4. The minimum absolute atomic E-state index is 0.205. The average molecular weight is 536 g/mol. The van der Waals surface area contributed by atoms with Crippen LogP contribution >= 0.6 is 0 Å². The fraction of sp³-hybridized carbons (Fsp3) is 0.633. The van der Waals surface area contributed by atoms with Crippen LogP contribution in [0.25, 0.3) is 0 Å². The first kappa shape index (κ1) is 26.3. The Kier molecular flexibility index (Phi) is 7.14. The number of carbonyl (C=O) groups is 1. The summed E-state index contributed by atoms with van der Waals surface area (Å²) < 4.78 is 17.5. The molecule has 4 aliphatic rings. The molecule has 0 spiro atoms. The maximum absolute atomic E-state index is 12.3. The van der Waals surface area contributed by atoms with Gasteiger partial charge in [0, 0.05) is 55.7 Å². The number of carbonyl (C=O) groups excluding carboxylic acids is 1. The lowest BCUT2D eigenvalue weighted by atomic mass is 9.89. The zero-order chi connectivity index (χ0) is 27.1. The molecule has 9 heteroatoms. The molecule has 0 aliphatic carbocycles. The number of nitrogens with one attached hydrogen (secondary N) is 1. The molecule has 210 valence electrons. The van der Waals surface area contributed by atoms with Crippen molar-refractivity contribution in [2.75, 3.05) is 44.7 Å². The van der Waals surface area contributed by atoms with E-state index in [-0.39, 0.29) is 6.09 Å². The van der Waals surface area contributed by atoms with E-state index in [0.29, 0.717) is 24.5 Å². The molecule has 6 heterocycles. The van der Waals surface area contributed by atoms with Gasteiger partial charge in [0.2, 0.25) is 0 Å². The zero-order valence-electron chi connectivity index (χ0n) is 23.7. The Labute approximate surface area is 231 Å². The number of anilines is 2. The molecule has 0 unspecified atom stereocenters. The number of hydrogen-bond donors (Lipinski definition) is 1. The second-order valence-corrected chi connectivity index (χ2v) is 12.4. The molecule has 0 radical (unpaired) electrons. The van der Waals surface area contributed by atoms with Crippen molar-refractivity contribution < 1.29 is 19.0 Å². The molecule has 6 rings (SSSR count). The number of amides is 1. The first-order chi connectivity index (χ1) is 18.7. The maximum Gasteiger partial charge on any atom is 0.410 e. The zero-order valence-corrected chi connectivity index (χ0v) is 23.7. The van der Waals surface area contributed by atoms with Gasteiger partial charge in [-0.2, -0.15) is 0 Å². The molecule has 0 saturated carbocycles. The average Bonchev–Trinajstić information content (AvgIpc) is 3.07. The fourth-order valence-electron chi connectivity index (χ4n) is 6.32. The van der Waals surface area contributed by atoms with E-state index in [4.69, 9.17) is 24.2 Å². The quantitative estimate of drug-likeness (QED) is 0.580. The smallest absolute Gasteiger partial charge is 0.410 e. The van der Waals surface area contributed by atoms with E-state index in [1.165, 1.54) is 5.56 Å². The van der Waals surface area contributed by atoms with Gasteiger partial charge in [0.05, 0.1) is 11.4 Å². The van der Waals surface area contributed by atoms with Gasteiger partial charge in [0.1, 0.15) is 18.0 Å². The highest BCUT2D eigenvalue weighted by molar-refractivity contribution is 5.70. The van der Waals surface area contributed by atoms with E-state index in [9.17, 15) is 4.79 Å². The van der Waals surface area contributed by atoms with Crippen molar-refractivity contribution in [3.05, 3.63) is 40.8 Å². The highest BCUT2D eigenvalue weighted by atomic mass is 16.6. The van der Waals surface area contributed by atoms with E-state index in [1.54, 1.807) is 0 Å². The SMILES string of the molecule is Cc1nc(C2CCN(C3CN(C(=O)OC(C)(C)C)C3)CC2)cc2c1OCc1c(C3CCOCC3)ccnc1N2. The summed E-state index contributed by atoms with van der Waals surface area (Å²) in [6.45, 7) is 13.4. The third-order valence-electron chi connectivity index (χ3n) is 8.51. The number of rotatable bonds is 3. The Morgan fingerprint density at radius 2 is 1.85 bits per heavy atom. The van der Waals surface area contributed by atoms with Gasteiger partial charge >= 0.3 is 6.09 Å². The molecule has 2 aromatic heterocycles. The van der Waals surface area contributed by atoms with Crippen LogP contribution in [0.2, 0.25) is 0 Å². The third kappa shape index (κ3) is 5.57. The molecule has 0 atom stereocenters. The van der Waals surface area contributed by atoms with Crippen LogP contribution in [0.5, 0.6) is 5.75 Å². The van der Waals surface area contributed by atoms with Crippen LogP contribution < -0.4 is 10.1 Å². The molecule has 39 heavy (non-hydrogen) atoms. The standard InChI is InChI=1S/C30H41N5O4/c1-19-27-26(33-28-24(18-38-27)23(5-10-31-28)20-8-13-37-14-9-20)15-25(32-19)21-6-11-34(12-7-21)22-16-35(17-22)29(36)39-30(2,3)4/h5,10,15,20-22H,6-9,11-14,16-18H2,1-4H3,(H,31,33). The fourth-order valence-corrected chi connectivity index (χ4v) is 6.32. The Balaban J connectivity index is 1.11. The number of aryl methyl sites for hydroxylation is 1. The highest BCUT2D eigenvalue weighted by Gasteiger charge is 2.38. The topological polar surface area (TPSA) is 89.1 Å². The summed E-state index contributed by atoms with van der Waals surface area (Å²) in [4.78, 5) is 26.4. The van der Waals surface area contributed by atoms with Gasteiger partial charge < -0.3 is 24.4 Å². The molecule has 0 aromatic carbocycles. The number of piperidine rings is 1. The Bertz CT molecular complexity index is 1210. The van der Waals surface area contributed by atoms with Crippen molar-refractivity contribution in [2.24, 2.45) is 0 Å². The van der Waals surface area contributed by atoms with Crippen molar-refractivity contribution in [3.63, 3.8) is 0 Å². The lowest BCUT2D eigenvalue weighted by Crippen LogP contribution is -2.62. The van der Waals surface area contributed by atoms with Crippen molar-refractivity contribution >= 4 is 17.6 Å². The van der Waals surface area contributed by atoms with E-state index >= 15 is 0 Å². The van der Waals surface area contributed by atoms with Gasteiger partial charge in [-0.05, 0) is 90.1 Å². The van der Waals surface area contributed by atoms with Crippen LogP contribution in [0.4, 0.5) is 16.3 Å². The number of hydrogen-bond acceptors (Lipinski definition) is 8. The summed E-state index contributed by atoms with van der Waals surface area (Å²) in [5, 5.41) is 3.61. The van der Waals surface area contributed by atoms with E-state index in [1.807, 2.05) is 38.8 Å². The van der Waals surface area contributed by atoms with Gasteiger partial charge in [-0.15, -0.1) is 0 Å². The summed E-state index contributed by atoms with van der Waals surface area (Å²) in [6, 6.07) is 4.74. The monoisotopic (exact) mass is 535 g/mol. The number of ether oxygens (including phenoxy) is 3. The summed E-state index contributed by atoms with van der Waals surface area (Å²) in [6.07, 6.45) is 5.88. The molecule has 4 aliphatic heterocycles. The third-order valence-corrected chi connectivity index (χ3v) is 8.51. The van der Waals surface area contributed by atoms with Crippen LogP contribution in [0.1, 0.15) is 80.8 Å². The summed E-state index contributed by atoms with van der Waals surface area (Å²) in [5.74, 6) is 2.60. The second-order valence-electron chi connectivity index (χ2n) is 12.4. The lowest BCUT2D eigenvalue weighted by Gasteiger charge is -2.47. The molecule has 0 bridgehead atoms. The molecule has 3 fully saturated rings. The van der Waals surface area contributed by atoms with Gasteiger partial charge in [-0.3, -0.25) is 9.88 Å². The van der Waals surface area contributed by atoms with Crippen molar-refractivity contribution in [3.8, 4) is 5.75 Å². The molecule has 1 N–H and O–H groups in total. The minimum Gasteiger partial charge on any atom is -0.485 e. The predicted molar refractivity (Wildman–Crippen MR) is 149 cm³/mol. The van der Waals surface area contributed by atoms with Crippen molar-refractivity contribution in [1.29, 1.82) is 0 Å². The maximum atomic E-state index is 12.3. The summed E-state index contributed by atoms with van der Waals surface area (Å²) in [5.41, 5.74) is 5.02. The lowest BCUT2D eigenvalue weighted by molar-refractivity contribution is -0.0197. The van der Waals surface area contributed by atoms with Crippen LogP contribution in [0.3, 0.4) is 0 Å². The molecule has 3 saturated heterocycles. The number of aromatic nitrogens is 2. The normalized spacial score (nSPS) is 21.2. The Morgan fingerprint density at radius 1 is 1.10 bits per heavy atom. The van der Waals surface area contributed by atoms with E-state index < -0.39 is 5.60 Å². The van der Waals surface area contributed by atoms with Gasteiger partial charge in [0.25, 0.3) is 0 Å². The molecule has 1 amide bonds. The van der Waals surface area contributed by atoms with Gasteiger partial charge in [-0.1, -0.05) is 0 Å². The largest absolute Gasteiger partial charge is 0.485 e. The van der Waals surface area contributed by atoms with Gasteiger partial charge in [-0.25, -0.2) is 9.78 Å². The summed E-state index contributed by atoms with van der Waals surface area (Å²) in [7, 11) is 0. The number of pyridine rings is 2. The number of fused-ring (bicyclic) bond motifs is 2. The van der Waals surface area contributed by atoms with Crippen LogP contribution in [-0.2, 0) is 16.1 Å². The second kappa shape index (κ2) is 10.6. The molecular weight excluding hydrogens is 494 g/mol. The van der Waals surface area contributed by atoms with Crippen LogP contribution in [-0.4, -0.2) is 76.9 Å². The predicted octanol–water partition coefficient (Wildman–Crippen LogP) is 5.11. The minimum atomic E-state index is -0.454. The summed E-state index contributed by atoms with van der Waals surface area (Å²) >= 11 is 0. The molecule has 2 aromatic rings. The molecule has 9 nitrogen and oxygen atoms in total. The van der Waals surface area contributed by atoms with E-state index in [2.05, 4.69) is 22.3 Å².